The Morgan fingerprint density at radius 1 is 1.21 bits per heavy atom. The van der Waals surface area contributed by atoms with E-state index in [1.54, 1.807) is 43.9 Å². The second kappa shape index (κ2) is 9.76. The second-order valence-corrected chi connectivity index (χ2v) is 9.15. The number of nitrogens with zero attached hydrogens (tertiary/aromatic N) is 2. The third-order valence-corrected chi connectivity index (χ3v) is 6.67. The van der Waals surface area contributed by atoms with E-state index >= 15 is 0 Å². The Morgan fingerprint density at radius 2 is 1.91 bits per heavy atom. The van der Waals surface area contributed by atoms with Crippen LogP contribution in [0.25, 0.3) is 6.20 Å². The molecule has 1 atom stereocenters. The standard InChI is InChI=1S/C24H22BrN3O4S/c1-4-32-23(30)20-14(2)27-24-28(21(20)15-5-11-18(31-3)12-6-15)22(29)19(33-24)13-26-17-9-7-16(25)8-10-17/h5-13,21,26H,4H2,1-3H3/b19-13-/t21-/m0/s1. The highest BCUT2D eigenvalue weighted by atomic mass is 79.9. The van der Waals surface area contributed by atoms with Crippen LogP contribution in [0.1, 0.15) is 25.5 Å². The lowest BCUT2D eigenvalue weighted by Crippen LogP contribution is -2.40. The van der Waals surface area contributed by atoms with Gasteiger partial charge in [0.25, 0.3) is 5.56 Å². The van der Waals surface area contributed by atoms with E-state index in [0.717, 1.165) is 15.7 Å². The van der Waals surface area contributed by atoms with Gasteiger partial charge in [0.1, 0.15) is 10.3 Å². The molecule has 3 aromatic rings. The molecule has 0 saturated carbocycles. The van der Waals surface area contributed by atoms with Crippen LogP contribution in [0.3, 0.4) is 0 Å². The second-order valence-electron chi connectivity index (χ2n) is 7.23. The SMILES string of the molecule is CCOC(=O)C1=C(C)N=c2s/c(=C\Nc3ccc(Br)cc3)c(=O)n2[C@H]1c1ccc(OC)cc1. The Labute approximate surface area is 202 Å². The first kappa shape index (κ1) is 23.0. The van der Waals surface area contributed by atoms with Gasteiger partial charge in [0, 0.05) is 16.4 Å². The Kier molecular flexibility index (Phi) is 6.80. The molecular formula is C24H22BrN3O4S. The molecule has 2 aromatic carbocycles. The number of rotatable bonds is 6. The molecular weight excluding hydrogens is 506 g/mol. The quantitative estimate of drug-likeness (QED) is 0.495. The molecule has 0 amide bonds. The predicted molar refractivity (Wildman–Crippen MR) is 132 cm³/mol. The van der Waals surface area contributed by atoms with Crippen LogP contribution in [0.4, 0.5) is 5.69 Å². The summed E-state index contributed by atoms with van der Waals surface area (Å²) < 4.78 is 13.6. The van der Waals surface area contributed by atoms with Gasteiger partial charge in [-0.1, -0.05) is 39.4 Å². The molecule has 0 fully saturated rings. The summed E-state index contributed by atoms with van der Waals surface area (Å²) in [5.74, 6) is 0.199. The molecule has 9 heteroatoms. The molecule has 0 bridgehead atoms. The zero-order chi connectivity index (χ0) is 23.5. The van der Waals surface area contributed by atoms with Crippen molar-refractivity contribution >= 4 is 45.1 Å². The number of hydrogen-bond donors (Lipinski definition) is 1. The van der Waals surface area contributed by atoms with Gasteiger partial charge in [-0.05, 0) is 55.8 Å². The Morgan fingerprint density at radius 3 is 2.55 bits per heavy atom. The van der Waals surface area contributed by atoms with Gasteiger partial charge < -0.3 is 14.8 Å². The molecule has 1 aliphatic rings. The number of aromatic nitrogens is 1. The molecule has 1 aliphatic heterocycles. The van der Waals surface area contributed by atoms with Crippen molar-refractivity contribution in [2.75, 3.05) is 19.0 Å². The van der Waals surface area contributed by atoms with Crippen molar-refractivity contribution in [3.8, 4) is 5.75 Å². The summed E-state index contributed by atoms with van der Waals surface area (Å²) in [6, 6.07) is 14.3. The van der Waals surface area contributed by atoms with E-state index in [4.69, 9.17) is 9.47 Å². The number of anilines is 1. The molecule has 0 spiro atoms. The van der Waals surface area contributed by atoms with Gasteiger partial charge in [0.05, 0.1) is 31.0 Å². The summed E-state index contributed by atoms with van der Waals surface area (Å²) in [6.07, 6.45) is 1.67. The van der Waals surface area contributed by atoms with Gasteiger partial charge >= 0.3 is 5.97 Å². The minimum atomic E-state index is -0.652. The van der Waals surface area contributed by atoms with Gasteiger partial charge in [0.15, 0.2) is 4.80 Å². The zero-order valence-electron chi connectivity index (χ0n) is 18.3. The van der Waals surface area contributed by atoms with Crippen molar-refractivity contribution in [1.82, 2.24) is 4.57 Å². The zero-order valence-corrected chi connectivity index (χ0v) is 20.7. The van der Waals surface area contributed by atoms with Crippen LogP contribution in [-0.4, -0.2) is 24.3 Å². The van der Waals surface area contributed by atoms with E-state index in [1.807, 2.05) is 36.4 Å². The van der Waals surface area contributed by atoms with Crippen molar-refractivity contribution in [1.29, 1.82) is 0 Å². The number of esters is 1. The van der Waals surface area contributed by atoms with Crippen LogP contribution in [0.15, 0.2) is 74.1 Å². The molecule has 0 saturated heterocycles. The lowest BCUT2D eigenvalue weighted by atomic mass is 9.96. The number of ether oxygens (including phenoxy) is 2. The van der Waals surface area contributed by atoms with Crippen molar-refractivity contribution in [2.45, 2.75) is 19.9 Å². The number of carbonyl (C=O) groups is 1. The lowest BCUT2D eigenvalue weighted by Gasteiger charge is -2.24. The molecule has 1 aromatic heterocycles. The summed E-state index contributed by atoms with van der Waals surface area (Å²) >= 11 is 4.68. The van der Waals surface area contributed by atoms with Crippen LogP contribution in [0.2, 0.25) is 0 Å². The minimum absolute atomic E-state index is 0.229. The average molecular weight is 528 g/mol. The van der Waals surface area contributed by atoms with Crippen molar-refractivity contribution in [3.05, 3.63) is 89.5 Å². The summed E-state index contributed by atoms with van der Waals surface area (Å²) in [5.41, 5.74) is 2.25. The fourth-order valence-electron chi connectivity index (χ4n) is 3.59. The van der Waals surface area contributed by atoms with Crippen LogP contribution in [-0.2, 0) is 9.53 Å². The molecule has 7 nitrogen and oxygen atoms in total. The molecule has 0 aliphatic carbocycles. The summed E-state index contributed by atoms with van der Waals surface area (Å²) in [7, 11) is 1.59. The summed E-state index contributed by atoms with van der Waals surface area (Å²) in [5, 5.41) is 3.16. The number of thiazole rings is 1. The van der Waals surface area contributed by atoms with Gasteiger partial charge in [-0.2, -0.15) is 0 Å². The summed E-state index contributed by atoms with van der Waals surface area (Å²) in [6.45, 7) is 3.74. The van der Waals surface area contributed by atoms with Crippen LogP contribution in [0, 0.1) is 0 Å². The molecule has 2 heterocycles. The third kappa shape index (κ3) is 4.65. The van der Waals surface area contributed by atoms with E-state index in [9.17, 15) is 9.59 Å². The Balaban J connectivity index is 1.84. The average Bonchev–Trinajstić information content (AvgIpc) is 3.12. The highest BCUT2D eigenvalue weighted by molar-refractivity contribution is 9.10. The maximum Gasteiger partial charge on any atom is 0.338 e. The maximum atomic E-state index is 13.5. The van der Waals surface area contributed by atoms with Gasteiger partial charge in [-0.3, -0.25) is 9.36 Å². The van der Waals surface area contributed by atoms with E-state index in [0.29, 0.717) is 26.4 Å². The molecule has 33 heavy (non-hydrogen) atoms. The number of halogens is 1. The van der Waals surface area contributed by atoms with Crippen LogP contribution >= 0.6 is 27.3 Å². The molecule has 0 radical (unpaired) electrons. The smallest absolute Gasteiger partial charge is 0.338 e. The fraction of sp³-hybridized carbons (Fsp3) is 0.208. The number of benzene rings is 2. The number of methoxy groups -OCH3 is 1. The fourth-order valence-corrected chi connectivity index (χ4v) is 4.82. The van der Waals surface area contributed by atoms with Gasteiger partial charge in [0.2, 0.25) is 0 Å². The van der Waals surface area contributed by atoms with E-state index in [-0.39, 0.29) is 12.2 Å². The Hall–Kier alpha value is -3.17. The topological polar surface area (TPSA) is 81.9 Å². The van der Waals surface area contributed by atoms with Crippen molar-refractivity contribution < 1.29 is 14.3 Å². The van der Waals surface area contributed by atoms with E-state index in [1.165, 1.54) is 11.3 Å². The number of carbonyl (C=O) groups excluding carboxylic acids is 1. The first-order valence-corrected chi connectivity index (χ1v) is 11.9. The molecule has 170 valence electrons. The molecule has 0 unspecified atom stereocenters. The van der Waals surface area contributed by atoms with Crippen molar-refractivity contribution in [2.24, 2.45) is 4.99 Å². The van der Waals surface area contributed by atoms with Crippen LogP contribution in [0.5, 0.6) is 5.75 Å². The number of fused-ring (bicyclic) bond motifs is 1. The summed E-state index contributed by atoms with van der Waals surface area (Å²) in [4.78, 5) is 31.4. The minimum Gasteiger partial charge on any atom is -0.497 e. The van der Waals surface area contributed by atoms with Crippen LogP contribution < -0.4 is 24.9 Å². The number of allylic oxidation sites excluding steroid dienone is 1. The first-order valence-electron chi connectivity index (χ1n) is 10.3. The maximum absolute atomic E-state index is 13.5. The largest absolute Gasteiger partial charge is 0.497 e. The highest BCUT2D eigenvalue weighted by Gasteiger charge is 2.33. The van der Waals surface area contributed by atoms with E-state index < -0.39 is 12.0 Å². The molecule has 1 N–H and O–H groups in total. The monoisotopic (exact) mass is 527 g/mol. The number of hydrogen-bond acceptors (Lipinski definition) is 7. The normalized spacial score (nSPS) is 15.6. The number of nitrogens with one attached hydrogen (secondary N) is 1. The van der Waals surface area contributed by atoms with Gasteiger partial charge in [-0.15, -0.1) is 0 Å². The van der Waals surface area contributed by atoms with Crippen molar-refractivity contribution in [3.63, 3.8) is 0 Å². The molecule has 4 rings (SSSR count). The highest BCUT2D eigenvalue weighted by Crippen LogP contribution is 2.31. The van der Waals surface area contributed by atoms with Gasteiger partial charge in [-0.25, -0.2) is 9.79 Å². The lowest BCUT2D eigenvalue weighted by molar-refractivity contribution is -0.139. The predicted octanol–water partition coefficient (Wildman–Crippen LogP) is 3.59. The Bertz CT molecular complexity index is 1390. The third-order valence-electron chi connectivity index (χ3n) is 5.16. The first-order chi connectivity index (χ1) is 15.9. The van der Waals surface area contributed by atoms with E-state index in [2.05, 4.69) is 26.2 Å².